The molecule has 0 aliphatic carbocycles. The minimum Gasteiger partial charge on any atom is -0.473 e. The number of carbonyl (C=O) groups is 1. The van der Waals surface area contributed by atoms with Crippen LogP contribution in [0.1, 0.15) is 18.4 Å². The van der Waals surface area contributed by atoms with Crippen molar-refractivity contribution in [1.29, 1.82) is 0 Å². The predicted molar refractivity (Wildman–Crippen MR) is 87.7 cm³/mol. The summed E-state index contributed by atoms with van der Waals surface area (Å²) in [6.07, 6.45) is 10.0. The van der Waals surface area contributed by atoms with Crippen LogP contribution in [0.2, 0.25) is 0 Å². The Bertz CT molecular complexity index is 650. The smallest absolute Gasteiger partial charge is 0.246 e. The van der Waals surface area contributed by atoms with Gasteiger partial charge >= 0.3 is 0 Å². The van der Waals surface area contributed by atoms with Gasteiger partial charge in [-0.2, -0.15) is 0 Å². The molecule has 0 N–H and O–H groups in total. The molecule has 5 nitrogen and oxygen atoms in total. The molecule has 1 aromatic heterocycles. The van der Waals surface area contributed by atoms with Gasteiger partial charge in [-0.05, 0) is 11.6 Å². The van der Waals surface area contributed by atoms with E-state index in [0.717, 1.165) is 18.4 Å². The van der Waals surface area contributed by atoms with E-state index < -0.39 is 0 Å². The van der Waals surface area contributed by atoms with E-state index in [4.69, 9.17) is 4.74 Å². The van der Waals surface area contributed by atoms with Crippen LogP contribution in [0.4, 0.5) is 0 Å². The average molecular weight is 309 g/mol. The van der Waals surface area contributed by atoms with Crippen molar-refractivity contribution in [3.8, 4) is 5.88 Å². The number of rotatable bonds is 4. The van der Waals surface area contributed by atoms with E-state index in [-0.39, 0.29) is 12.0 Å². The molecule has 0 radical (unpaired) electrons. The standard InChI is InChI=1S/C18H19N3O2/c22-18(7-6-15-4-2-1-3-5-15)21-12-8-16(9-13-21)23-17-14-19-10-11-20-17/h1-7,10-11,14,16H,8-9,12-13H2/b7-6+. The van der Waals surface area contributed by atoms with Gasteiger partial charge in [0.15, 0.2) is 0 Å². The fourth-order valence-electron chi connectivity index (χ4n) is 2.55. The molecule has 118 valence electrons. The lowest BCUT2D eigenvalue weighted by Crippen LogP contribution is -2.41. The van der Waals surface area contributed by atoms with Crippen molar-refractivity contribution in [2.75, 3.05) is 13.1 Å². The predicted octanol–water partition coefficient (Wildman–Crippen LogP) is 2.56. The number of nitrogens with zero attached hydrogens (tertiary/aromatic N) is 3. The van der Waals surface area contributed by atoms with Crippen LogP contribution in [-0.2, 0) is 4.79 Å². The van der Waals surface area contributed by atoms with Gasteiger partial charge in [0.05, 0.1) is 6.20 Å². The molecular formula is C18H19N3O2. The summed E-state index contributed by atoms with van der Waals surface area (Å²) in [5.74, 6) is 0.591. The number of hydrogen-bond acceptors (Lipinski definition) is 4. The van der Waals surface area contributed by atoms with Crippen LogP contribution in [-0.4, -0.2) is 40.0 Å². The summed E-state index contributed by atoms with van der Waals surface area (Å²) in [5, 5.41) is 0. The second-order valence-electron chi connectivity index (χ2n) is 5.43. The van der Waals surface area contributed by atoms with Crippen LogP contribution in [0.15, 0.2) is 55.0 Å². The highest BCUT2D eigenvalue weighted by Gasteiger charge is 2.23. The number of carbonyl (C=O) groups excluding carboxylic acids is 1. The Kier molecular flexibility index (Phi) is 4.99. The third-order valence-corrected chi connectivity index (χ3v) is 3.80. The topological polar surface area (TPSA) is 55.3 Å². The normalized spacial score (nSPS) is 15.7. The van der Waals surface area contributed by atoms with Gasteiger partial charge in [-0.1, -0.05) is 30.3 Å². The van der Waals surface area contributed by atoms with E-state index in [1.807, 2.05) is 41.3 Å². The van der Waals surface area contributed by atoms with Crippen molar-refractivity contribution in [3.63, 3.8) is 0 Å². The van der Waals surface area contributed by atoms with Gasteiger partial charge in [0.25, 0.3) is 0 Å². The van der Waals surface area contributed by atoms with Gasteiger partial charge in [-0.25, -0.2) is 4.98 Å². The molecule has 2 aromatic rings. The van der Waals surface area contributed by atoms with Crippen molar-refractivity contribution >= 4 is 12.0 Å². The highest BCUT2D eigenvalue weighted by atomic mass is 16.5. The van der Waals surface area contributed by atoms with Gasteiger partial charge in [0.2, 0.25) is 11.8 Å². The van der Waals surface area contributed by atoms with Crippen LogP contribution in [0.25, 0.3) is 6.08 Å². The third-order valence-electron chi connectivity index (χ3n) is 3.80. The second kappa shape index (κ2) is 7.54. The number of hydrogen-bond donors (Lipinski definition) is 0. The molecule has 5 heteroatoms. The number of aromatic nitrogens is 2. The molecule has 0 saturated carbocycles. The quantitative estimate of drug-likeness (QED) is 0.815. The Labute approximate surface area is 135 Å². The lowest BCUT2D eigenvalue weighted by molar-refractivity contribution is -0.127. The van der Waals surface area contributed by atoms with E-state index >= 15 is 0 Å². The molecule has 0 bridgehead atoms. The van der Waals surface area contributed by atoms with Crippen LogP contribution < -0.4 is 4.74 Å². The monoisotopic (exact) mass is 309 g/mol. The van der Waals surface area contributed by atoms with Crippen molar-refractivity contribution < 1.29 is 9.53 Å². The first-order valence-corrected chi connectivity index (χ1v) is 7.76. The molecular weight excluding hydrogens is 290 g/mol. The fraction of sp³-hybridized carbons (Fsp3) is 0.278. The van der Waals surface area contributed by atoms with Gasteiger partial charge in [-0.3, -0.25) is 9.78 Å². The SMILES string of the molecule is O=C(/C=C/c1ccccc1)N1CCC(Oc2cnccn2)CC1. The number of benzene rings is 1. The first-order chi connectivity index (χ1) is 11.3. The zero-order chi connectivity index (χ0) is 15.9. The Hall–Kier alpha value is -2.69. The number of ether oxygens (including phenoxy) is 1. The summed E-state index contributed by atoms with van der Waals surface area (Å²) in [6.45, 7) is 1.39. The van der Waals surface area contributed by atoms with Gasteiger partial charge < -0.3 is 9.64 Å². The van der Waals surface area contributed by atoms with E-state index in [2.05, 4.69) is 9.97 Å². The third kappa shape index (κ3) is 4.39. The summed E-state index contributed by atoms with van der Waals surface area (Å²) in [4.78, 5) is 22.2. The summed E-state index contributed by atoms with van der Waals surface area (Å²) < 4.78 is 5.78. The Morgan fingerprint density at radius 2 is 1.96 bits per heavy atom. The fourth-order valence-corrected chi connectivity index (χ4v) is 2.55. The Morgan fingerprint density at radius 3 is 2.65 bits per heavy atom. The largest absolute Gasteiger partial charge is 0.473 e. The Morgan fingerprint density at radius 1 is 1.17 bits per heavy atom. The zero-order valence-electron chi connectivity index (χ0n) is 12.8. The number of amides is 1. The number of piperidine rings is 1. The number of likely N-dealkylation sites (tertiary alicyclic amines) is 1. The lowest BCUT2D eigenvalue weighted by Gasteiger charge is -2.31. The van der Waals surface area contributed by atoms with Crippen molar-refractivity contribution in [3.05, 3.63) is 60.6 Å². The molecule has 0 atom stereocenters. The van der Waals surface area contributed by atoms with Crippen LogP contribution >= 0.6 is 0 Å². The minimum absolute atomic E-state index is 0.0480. The Balaban J connectivity index is 1.48. The first kappa shape index (κ1) is 15.2. The molecule has 1 saturated heterocycles. The molecule has 23 heavy (non-hydrogen) atoms. The minimum atomic E-state index is 0.0480. The molecule has 1 fully saturated rings. The maximum atomic E-state index is 12.2. The molecule has 2 heterocycles. The summed E-state index contributed by atoms with van der Waals surface area (Å²) in [6, 6.07) is 9.83. The van der Waals surface area contributed by atoms with Gasteiger partial charge in [-0.15, -0.1) is 0 Å². The highest BCUT2D eigenvalue weighted by Crippen LogP contribution is 2.16. The molecule has 1 aliphatic heterocycles. The maximum absolute atomic E-state index is 12.2. The highest BCUT2D eigenvalue weighted by molar-refractivity contribution is 5.91. The molecule has 3 rings (SSSR count). The molecule has 1 aromatic carbocycles. The first-order valence-electron chi connectivity index (χ1n) is 7.76. The maximum Gasteiger partial charge on any atom is 0.246 e. The average Bonchev–Trinajstić information content (AvgIpc) is 2.62. The van der Waals surface area contributed by atoms with Crippen LogP contribution in [0.3, 0.4) is 0 Å². The van der Waals surface area contributed by atoms with E-state index in [0.29, 0.717) is 19.0 Å². The van der Waals surface area contributed by atoms with E-state index in [9.17, 15) is 4.79 Å². The van der Waals surface area contributed by atoms with Gasteiger partial charge in [0.1, 0.15) is 6.10 Å². The summed E-state index contributed by atoms with van der Waals surface area (Å²) in [7, 11) is 0. The van der Waals surface area contributed by atoms with E-state index in [1.165, 1.54) is 0 Å². The molecule has 1 amide bonds. The summed E-state index contributed by atoms with van der Waals surface area (Å²) >= 11 is 0. The van der Waals surface area contributed by atoms with Crippen LogP contribution in [0, 0.1) is 0 Å². The van der Waals surface area contributed by atoms with Crippen LogP contribution in [0.5, 0.6) is 5.88 Å². The van der Waals surface area contributed by atoms with Crippen molar-refractivity contribution in [2.45, 2.75) is 18.9 Å². The molecule has 0 spiro atoms. The zero-order valence-corrected chi connectivity index (χ0v) is 12.8. The lowest BCUT2D eigenvalue weighted by atomic mass is 10.1. The van der Waals surface area contributed by atoms with Gasteiger partial charge in [0, 0.05) is 44.4 Å². The molecule has 0 unspecified atom stereocenters. The van der Waals surface area contributed by atoms with Crippen molar-refractivity contribution in [2.24, 2.45) is 0 Å². The summed E-state index contributed by atoms with van der Waals surface area (Å²) in [5.41, 5.74) is 1.03. The molecule has 1 aliphatic rings. The van der Waals surface area contributed by atoms with Crippen molar-refractivity contribution in [1.82, 2.24) is 14.9 Å². The van der Waals surface area contributed by atoms with E-state index in [1.54, 1.807) is 24.7 Å². The second-order valence-corrected chi connectivity index (χ2v) is 5.43.